The van der Waals surface area contributed by atoms with Crippen LogP contribution in [0.5, 0.6) is 0 Å². The molecule has 1 heterocycles. The van der Waals surface area contributed by atoms with Gasteiger partial charge in [-0.1, -0.05) is 44.2 Å². The zero-order chi connectivity index (χ0) is 13.7. The molecule has 0 aromatic heterocycles. The lowest BCUT2D eigenvalue weighted by atomic mass is 9.91. The fraction of sp³-hybridized carbons (Fsp3) is 0.625. The highest BCUT2D eigenvalue weighted by Crippen LogP contribution is 2.30. The summed E-state index contributed by atoms with van der Waals surface area (Å²) in [4.78, 5) is 0. The summed E-state index contributed by atoms with van der Waals surface area (Å²) < 4.78 is 17.3. The fourth-order valence-electron chi connectivity index (χ4n) is 2.64. The maximum Gasteiger partial charge on any atom is 0.160 e. The number of benzene rings is 1. The van der Waals surface area contributed by atoms with Crippen molar-refractivity contribution in [1.82, 2.24) is 0 Å². The van der Waals surface area contributed by atoms with E-state index in [1.54, 1.807) is 7.11 Å². The summed E-state index contributed by atoms with van der Waals surface area (Å²) >= 11 is 0. The van der Waals surface area contributed by atoms with E-state index in [4.69, 9.17) is 14.2 Å². The Balaban J connectivity index is 1.93. The normalized spacial score (nSPS) is 31.3. The lowest BCUT2D eigenvalue weighted by molar-refractivity contribution is -0.233. The van der Waals surface area contributed by atoms with Crippen molar-refractivity contribution >= 4 is 0 Å². The second-order valence-electron chi connectivity index (χ2n) is 5.18. The Morgan fingerprint density at radius 1 is 1.26 bits per heavy atom. The minimum atomic E-state index is -0.137. The average molecular weight is 264 g/mol. The van der Waals surface area contributed by atoms with Crippen molar-refractivity contribution < 1.29 is 14.2 Å². The Morgan fingerprint density at radius 3 is 2.63 bits per heavy atom. The van der Waals surface area contributed by atoms with Gasteiger partial charge in [-0.25, -0.2) is 0 Å². The number of methoxy groups -OCH3 is 1. The molecular formula is C16H24O3. The van der Waals surface area contributed by atoms with E-state index in [-0.39, 0.29) is 18.5 Å². The first-order chi connectivity index (χ1) is 9.24. The van der Waals surface area contributed by atoms with E-state index in [0.717, 1.165) is 12.8 Å². The Morgan fingerprint density at radius 2 is 2.00 bits per heavy atom. The number of rotatable bonds is 5. The molecule has 0 amide bonds. The molecule has 0 bridgehead atoms. The first-order valence-electron chi connectivity index (χ1n) is 7.08. The number of hydrogen-bond donors (Lipinski definition) is 0. The highest BCUT2D eigenvalue weighted by molar-refractivity contribution is 5.13. The SMILES string of the molecule is CC[C@H]1O[C@H](OC)C[C@@H](OCc2ccccc2)[C@@H]1C. The number of ether oxygens (including phenoxy) is 3. The van der Waals surface area contributed by atoms with E-state index in [1.807, 2.05) is 18.2 Å². The monoisotopic (exact) mass is 264 g/mol. The highest BCUT2D eigenvalue weighted by atomic mass is 16.7. The van der Waals surface area contributed by atoms with Crippen LogP contribution in [-0.2, 0) is 20.8 Å². The van der Waals surface area contributed by atoms with Gasteiger partial charge in [0.1, 0.15) is 0 Å². The molecule has 0 unspecified atom stereocenters. The molecule has 1 fully saturated rings. The predicted octanol–water partition coefficient (Wildman–Crippen LogP) is 3.38. The summed E-state index contributed by atoms with van der Waals surface area (Å²) in [6.45, 7) is 5.01. The Labute approximate surface area is 115 Å². The standard InChI is InChI=1S/C16H24O3/c1-4-14-12(2)15(10-16(17-3)19-14)18-11-13-8-6-5-7-9-13/h5-9,12,14-16H,4,10-11H2,1-3H3/t12-,14-,15-,16+/m1/s1. The molecule has 3 nitrogen and oxygen atoms in total. The van der Waals surface area contributed by atoms with Crippen LogP contribution in [0.3, 0.4) is 0 Å². The Kier molecular flexibility index (Phi) is 5.37. The van der Waals surface area contributed by atoms with E-state index in [0.29, 0.717) is 12.5 Å². The van der Waals surface area contributed by atoms with Gasteiger partial charge in [-0.15, -0.1) is 0 Å². The second kappa shape index (κ2) is 7.04. The van der Waals surface area contributed by atoms with Gasteiger partial charge in [0.05, 0.1) is 18.8 Å². The molecule has 0 radical (unpaired) electrons. The zero-order valence-electron chi connectivity index (χ0n) is 12.0. The van der Waals surface area contributed by atoms with Crippen LogP contribution < -0.4 is 0 Å². The van der Waals surface area contributed by atoms with Crippen LogP contribution >= 0.6 is 0 Å². The molecule has 2 rings (SSSR count). The first kappa shape index (κ1) is 14.5. The van der Waals surface area contributed by atoms with Gasteiger partial charge in [-0.3, -0.25) is 0 Å². The summed E-state index contributed by atoms with van der Waals surface area (Å²) in [5, 5.41) is 0. The van der Waals surface area contributed by atoms with Gasteiger partial charge in [0, 0.05) is 19.4 Å². The smallest absolute Gasteiger partial charge is 0.160 e. The van der Waals surface area contributed by atoms with Crippen molar-refractivity contribution in [1.29, 1.82) is 0 Å². The van der Waals surface area contributed by atoms with Crippen molar-refractivity contribution in [3.8, 4) is 0 Å². The molecule has 3 heteroatoms. The van der Waals surface area contributed by atoms with Crippen molar-refractivity contribution in [3.05, 3.63) is 35.9 Å². The van der Waals surface area contributed by atoms with Crippen molar-refractivity contribution in [2.45, 2.75) is 51.8 Å². The van der Waals surface area contributed by atoms with Crippen LogP contribution in [0.4, 0.5) is 0 Å². The molecule has 0 saturated carbocycles. The lowest BCUT2D eigenvalue weighted by Gasteiger charge is -2.39. The highest BCUT2D eigenvalue weighted by Gasteiger charge is 2.35. The molecule has 4 atom stereocenters. The first-order valence-corrected chi connectivity index (χ1v) is 7.08. The third-order valence-electron chi connectivity index (χ3n) is 3.90. The van der Waals surface area contributed by atoms with Crippen molar-refractivity contribution in [2.75, 3.05) is 7.11 Å². The largest absolute Gasteiger partial charge is 0.373 e. The molecule has 19 heavy (non-hydrogen) atoms. The van der Waals surface area contributed by atoms with Crippen LogP contribution in [0.1, 0.15) is 32.3 Å². The lowest BCUT2D eigenvalue weighted by Crippen LogP contribution is -2.44. The van der Waals surface area contributed by atoms with E-state index in [1.165, 1.54) is 5.56 Å². The fourth-order valence-corrected chi connectivity index (χ4v) is 2.64. The summed E-state index contributed by atoms with van der Waals surface area (Å²) in [6.07, 6.45) is 2.08. The van der Waals surface area contributed by atoms with Gasteiger partial charge in [0.25, 0.3) is 0 Å². The van der Waals surface area contributed by atoms with Crippen LogP contribution in [0.25, 0.3) is 0 Å². The van der Waals surface area contributed by atoms with Crippen molar-refractivity contribution in [3.63, 3.8) is 0 Å². The van der Waals surface area contributed by atoms with Crippen LogP contribution in [0.15, 0.2) is 30.3 Å². The van der Waals surface area contributed by atoms with Crippen LogP contribution in [0, 0.1) is 5.92 Å². The maximum atomic E-state index is 6.09. The predicted molar refractivity (Wildman–Crippen MR) is 74.8 cm³/mol. The van der Waals surface area contributed by atoms with E-state index in [2.05, 4.69) is 26.0 Å². The topological polar surface area (TPSA) is 27.7 Å². The Bertz CT molecular complexity index is 366. The van der Waals surface area contributed by atoms with Gasteiger partial charge in [0.2, 0.25) is 0 Å². The minimum absolute atomic E-state index is 0.137. The Hall–Kier alpha value is -0.900. The molecule has 1 aliphatic heterocycles. The van der Waals surface area contributed by atoms with E-state index in [9.17, 15) is 0 Å². The van der Waals surface area contributed by atoms with E-state index >= 15 is 0 Å². The summed E-state index contributed by atoms with van der Waals surface area (Å²) in [5.41, 5.74) is 1.21. The number of hydrogen-bond acceptors (Lipinski definition) is 3. The summed E-state index contributed by atoms with van der Waals surface area (Å²) in [5.74, 6) is 0.403. The van der Waals surface area contributed by atoms with Gasteiger partial charge < -0.3 is 14.2 Å². The van der Waals surface area contributed by atoms with Crippen molar-refractivity contribution in [2.24, 2.45) is 5.92 Å². The molecule has 1 aliphatic rings. The molecule has 0 N–H and O–H groups in total. The molecule has 106 valence electrons. The van der Waals surface area contributed by atoms with Gasteiger partial charge >= 0.3 is 0 Å². The second-order valence-corrected chi connectivity index (χ2v) is 5.18. The average Bonchev–Trinajstić information content (AvgIpc) is 2.47. The molecule has 0 spiro atoms. The molecule has 1 saturated heterocycles. The third-order valence-corrected chi connectivity index (χ3v) is 3.90. The minimum Gasteiger partial charge on any atom is -0.373 e. The maximum absolute atomic E-state index is 6.09. The molecular weight excluding hydrogens is 240 g/mol. The van der Waals surface area contributed by atoms with E-state index < -0.39 is 0 Å². The van der Waals surface area contributed by atoms with Gasteiger partial charge in [-0.05, 0) is 12.0 Å². The van der Waals surface area contributed by atoms with Crippen LogP contribution in [-0.4, -0.2) is 25.6 Å². The quantitative estimate of drug-likeness (QED) is 0.816. The zero-order valence-corrected chi connectivity index (χ0v) is 12.0. The van der Waals surface area contributed by atoms with Crippen LogP contribution in [0.2, 0.25) is 0 Å². The molecule has 0 aliphatic carbocycles. The summed E-state index contributed by atoms with van der Waals surface area (Å²) in [7, 11) is 1.70. The molecule has 1 aromatic rings. The third kappa shape index (κ3) is 3.78. The van der Waals surface area contributed by atoms with Gasteiger partial charge in [-0.2, -0.15) is 0 Å². The molecule has 1 aromatic carbocycles. The summed E-state index contributed by atoms with van der Waals surface area (Å²) in [6, 6.07) is 10.3. The van der Waals surface area contributed by atoms with Gasteiger partial charge in [0.15, 0.2) is 6.29 Å².